The molecule has 144 valence electrons. The van der Waals surface area contributed by atoms with E-state index in [1.54, 1.807) is 6.07 Å². The van der Waals surface area contributed by atoms with E-state index in [0.29, 0.717) is 12.1 Å². The lowest BCUT2D eigenvalue weighted by Crippen LogP contribution is -2.17. The quantitative estimate of drug-likeness (QED) is 0.617. The third-order valence-electron chi connectivity index (χ3n) is 4.66. The molecule has 28 heavy (non-hydrogen) atoms. The van der Waals surface area contributed by atoms with Gasteiger partial charge in [0.1, 0.15) is 6.61 Å². The highest BCUT2D eigenvalue weighted by atomic mass is 16.5. The average Bonchev–Trinajstić information content (AvgIpc) is 3.08. The largest absolute Gasteiger partial charge is 0.461 e. The van der Waals surface area contributed by atoms with Crippen LogP contribution < -0.4 is 0 Å². The Morgan fingerprint density at radius 2 is 2.00 bits per heavy atom. The van der Waals surface area contributed by atoms with E-state index in [9.17, 15) is 20.3 Å². The Labute approximate surface area is 163 Å². The first-order chi connectivity index (χ1) is 13.5. The second-order valence-corrected chi connectivity index (χ2v) is 6.75. The van der Waals surface area contributed by atoms with Crippen LogP contribution in [0.2, 0.25) is 0 Å². The predicted molar refractivity (Wildman–Crippen MR) is 105 cm³/mol. The normalized spacial score (nSPS) is 11.0. The fraction of sp³-hybridized carbons (Fsp3) is 0.273. The van der Waals surface area contributed by atoms with Gasteiger partial charge >= 0.3 is 5.97 Å². The zero-order chi connectivity index (χ0) is 20.1. The van der Waals surface area contributed by atoms with Crippen LogP contribution in [0.5, 0.6) is 0 Å². The summed E-state index contributed by atoms with van der Waals surface area (Å²) < 4.78 is 7.08. The third-order valence-corrected chi connectivity index (χ3v) is 4.66. The molecule has 0 saturated carbocycles. The Balaban J connectivity index is 2.10. The van der Waals surface area contributed by atoms with E-state index in [1.807, 2.05) is 47.2 Å². The van der Waals surface area contributed by atoms with Crippen molar-refractivity contribution in [1.82, 2.24) is 4.57 Å². The number of rotatable bonds is 7. The predicted octanol–water partition coefficient (Wildman–Crippen LogP) is 2.84. The summed E-state index contributed by atoms with van der Waals surface area (Å²) in [5.74, 6) is -0.629. The monoisotopic (exact) mass is 378 g/mol. The number of benzene rings is 2. The highest BCUT2D eigenvalue weighted by molar-refractivity contribution is 5.96. The number of carbonyl (C=O) groups is 1. The number of aliphatic hydroxyl groups excluding tert-OH is 2. The number of esters is 1. The van der Waals surface area contributed by atoms with Crippen LogP contribution in [0.1, 0.15) is 18.1 Å². The van der Waals surface area contributed by atoms with E-state index in [2.05, 4.69) is 6.07 Å². The number of nitrogens with zero attached hydrogens (tertiary/aromatic N) is 2. The molecule has 6 heteroatoms. The average molecular weight is 378 g/mol. The Morgan fingerprint density at radius 1 is 1.21 bits per heavy atom. The maximum absolute atomic E-state index is 11.1. The lowest BCUT2D eigenvalue weighted by atomic mass is 10.0. The number of carbonyl (C=O) groups excluding carboxylic acids is 1. The maximum Gasteiger partial charge on any atom is 0.302 e. The summed E-state index contributed by atoms with van der Waals surface area (Å²) in [6.07, 6.45) is 1.97. The molecule has 1 heterocycles. The van der Waals surface area contributed by atoms with Gasteiger partial charge in [-0.25, -0.2) is 0 Å². The third kappa shape index (κ3) is 4.22. The van der Waals surface area contributed by atoms with Gasteiger partial charge in [-0.3, -0.25) is 4.79 Å². The Morgan fingerprint density at radius 3 is 2.68 bits per heavy atom. The van der Waals surface area contributed by atoms with Gasteiger partial charge in [0.05, 0.1) is 11.6 Å². The summed E-state index contributed by atoms with van der Waals surface area (Å²) in [6, 6.07) is 15.4. The van der Waals surface area contributed by atoms with E-state index in [-0.39, 0.29) is 31.7 Å². The molecular weight excluding hydrogens is 356 g/mol. The van der Waals surface area contributed by atoms with Gasteiger partial charge in [0.2, 0.25) is 0 Å². The zero-order valence-electron chi connectivity index (χ0n) is 15.6. The first-order valence-corrected chi connectivity index (χ1v) is 9.03. The number of fused-ring (bicyclic) bond motifs is 1. The van der Waals surface area contributed by atoms with Crippen molar-refractivity contribution in [3.63, 3.8) is 0 Å². The fourth-order valence-electron chi connectivity index (χ4n) is 3.20. The molecule has 3 aromatic rings. The Hall–Kier alpha value is -3.14. The van der Waals surface area contributed by atoms with Crippen molar-refractivity contribution in [3.05, 3.63) is 59.8 Å². The van der Waals surface area contributed by atoms with Gasteiger partial charge < -0.3 is 19.5 Å². The molecule has 0 saturated heterocycles. The number of hydrogen-bond donors (Lipinski definition) is 2. The maximum atomic E-state index is 11.1. The summed E-state index contributed by atoms with van der Waals surface area (Å²) >= 11 is 0. The van der Waals surface area contributed by atoms with Crippen molar-refractivity contribution in [2.45, 2.75) is 20.1 Å². The Bertz CT molecular complexity index is 1030. The van der Waals surface area contributed by atoms with Crippen molar-refractivity contribution >= 4 is 16.9 Å². The second kappa shape index (κ2) is 8.70. The van der Waals surface area contributed by atoms with E-state index in [1.165, 1.54) is 6.92 Å². The molecule has 0 aliphatic carbocycles. The zero-order valence-corrected chi connectivity index (χ0v) is 15.6. The smallest absolute Gasteiger partial charge is 0.302 e. The highest BCUT2D eigenvalue weighted by Gasteiger charge is 2.15. The standard InChI is InChI=1S/C22H22N2O4/c1-15(27)28-14-17-5-6-20-21(19-4-2-3-16(7-19)9-23)11-24(22(20)8-17)10-18(12-25)13-26/h2-8,11,18,25-26H,10,12-14H2,1H3. The van der Waals surface area contributed by atoms with Crippen molar-refractivity contribution < 1.29 is 19.7 Å². The summed E-state index contributed by atoms with van der Waals surface area (Å²) in [5, 5.41) is 29.2. The van der Waals surface area contributed by atoms with Gasteiger partial charge in [-0.2, -0.15) is 5.26 Å². The number of aliphatic hydroxyl groups is 2. The molecule has 3 rings (SSSR count). The van der Waals surface area contributed by atoms with Crippen LogP contribution in [0.25, 0.3) is 22.0 Å². The minimum Gasteiger partial charge on any atom is -0.461 e. The van der Waals surface area contributed by atoms with Crippen LogP contribution in [-0.2, 0) is 22.7 Å². The molecular formula is C22H22N2O4. The van der Waals surface area contributed by atoms with Crippen LogP contribution in [0, 0.1) is 17.2 Å². The number of nitriles is 1. The first-order valence-electron chi connectivity index (χ1n) is 9.03. The second-order valence-electron chi connectivity index (χ2n) is 6.75. The molecule has 6 nitrogen and oxygen atoms in total. The van der Waals surface area contributed by atoms with E-state index in [4.69, 9.17) is 4.74 Å². The van der Waals surface area contributed by atoms with Crippen LogP contribution in [0.4, 0.5) is 0 Å². The van der Waals surface area contributed by atoms with Crippen LogP contribution in [0.15, 0.2) is 48.7 Å². The fourth-order valence-corrected chi connectivity index (χ4v) is 3.20. The molecule has 0 amide bonds. The minimum atomic E-state index is -0.342. The molecule has 0 atom stereocenters. The van der Waals surface area contributed by atoms with Crippen LogP contribution in [-0.4, -0.2) is 34.0 Å². The molecule has 1 aromatic heterocycles. The van der Waals surface area contributed by atoms with Crippen molar-refractivity contribution in [2.24, 2.45) is 5.92 Å². The summed E-state index contributed by atoms with van der Waals surface area (Å²) in [7, 11) is 0. The van der Waals surface area contributed by atoms with Gasteiger partial charge in [0.25, 0.3) is 0 Å². The van der Waals surface area contributed by atoms with Crippen molar-refractivity contribution in [2.75, 3.05) is 13.2 Å². The Kier molecular flexibility index (Phi) is 6.09. The van der Waals surface area contributed by atoms with Crippen LogP contribution in [0.3, 0.4) is 0 Å². The van der Waals surface area contributed by atoms with Gasteiger partial charge in [-0.05, 0) is 29.3 Å². The van der Waals surface area contributed by atoms with Crippen LogP contribution >= 0.6 is 0 Å². The topological polar surface area (TPSA) is 95.5 Å². The van der Waals surface area contributed by atoms with E-state index < -0.39 is 0 Å². The molecule has 0 bridgehead atoms. The molecule has 0 unspecified atom stereocenters. The van der Waals surface area contributed by atoms with Gasteiger partial charge in [-0.1, -0.05) is 24.3 Å². The summed E-state index contributed by atoms with van der Waals surface area (Å²) in [4.78, 5) is 11.1. The number of aromatic nitrogens is 1. The summed E-state index contributed by atoms with van der Waals surface area (Å²) in [5.41, 5.74) is 4.21. The lowest BCUT2D eigenvalue weighted by molar-refractivity contribution is -0.142. The van der Waals surface area contributed by atoms with E-state index >= 15 is 0 Å². The molecule has 0 aliphatic rings. The van der Waals surface area contributed by atoms with Crippen molar-refractivity contribution in [3.8, 4) is 17.2 Å². The molecule has 0 aliphatic heterocycles. The SMILES string of the molecule is CC(=O)OCc1ccc2c(-c3cccc(C#N)c3)cn(CC(CO)CO)c2c1. The number of ether oxygens (including phenoxy) is 1. The highest BCUT2D eigenvalue weighted by Crippen LogP contribution is 2.32. The first kappa shape index (κ1) is 19.6. The van der Waals surface area contributed by atoms with Gasteiger partial charge in [0.15, 0.2) is 0 Å². The van der Waals surface area contributed by atoms with Crippen molar-refractivity contribution in [1.29, 1.82) is 5.26 Å². The molecule has 0 spiro atoms. The molecule has 2 N–H and O–H groups in total. The molecule has 0 radical (unpaired) electrons. The van der Waals surface area contributed by atoms with E-state index in [0.717, 1.165) is 27.6 Å². The van der Waals surface area contributed by atoms with Gasteiger partial charge in [-0.15, -0.1) is 0 Å². The molecule has 0 fully saturated rings. The minimum absolute atomic E-state index is 0.122. The number of hydrogen-bond acceptors (Lipinski definition) is 5. The lowest BCUT2D eigenvalue weighted by Gasteiger charge is -2.13. The summed E-state index contributed by atoms with van der Waals surface area (Å²) in [6.45, 7) is 1.75. The van der Waals surface area contributed by atoms with Gasteiger partial charge in [0, 0.05) is 55.3 Å². The molecule has 2 aromatic carbocycles.